The molecule has 0 aromatic heterocycles. The largest absolute Gasteiger partial charge is 0.493 e. The van der Waals surface area contributed by atoms with Gasteiger partial charge in [-0.1, -0.05) is 23.7 Å². The number of aliphatic hydroxyl groups is 1. The van der Waals surface area contributed by atoms with E-state index in [2.05, 4.69) is 10.1 Å². The van der Waals surface area contributed by atoms with Crippen molar-refractivity contribution in [2.75, 3.05) is 12.4 Å². The highest BCUT2D eigenvalue weighted by Gasteiger charge is 2.24. The summed E-state index contributed by atoms with van der Waals surface area (Å²) in [5, 5.41) is 21.9. The zero-order chi connectivity index (χ0) is 18.6. The van der Waals surface area contributed by atoms with Crippen molar-refractivity contribution in [2.45, 2.75) is 12.7 Å². The monoisotopic (exact) mass is 373 g/mol. The van der Waals surface area contributed by atoms with Gasteiger partial charge in [-0.05, 0) is 24.3 Å². The van der Waals surface area contributed by atoms with Crippen LogP contribution in [0, 0.1) is 0 Å². The number of halogens is 3. The van der Waals surface area contributed by atoms with Gasteiger partial charge in [0, 0.05) is 16.1 Å². The van der Waals surface area contributed by atoms with Gasteiger partial charge in [-0.25, -0.2) is 4.79 Å². The molecule has 2 aromatic carbocycles. The number of carboxylic acid groups (broad SMARTS) is 1. The van der Waals surface area contributed by atoms with Crippen LogP contribution in [0.1, 0.15) is 17.2 Å². The highest BCUT2D eigenvalue weighted by atomic mass is 35.5. The first kappa shape index (κ1) is 18.8. The Morgan fingerprint density at radius 3 is 2.56 bits per heavy atom. The molecule has 9 heteroatoms. The molecule has 25 heavy (non-hydrogen) atoms. The van der Waals surface area contributed by atoms with E-state index in [4.69, 9.17) is 21.4 Å². The van der Waals surface area contributed by atoms with Crippen LogP contribution in [0.3, 0.4) is 0 Å². The minimum Gasteiger partial charge on any atom is -0.493 e. The number of amides is 1. The lowest BCUT2D eigenvalue weighted by molar-refractivity contribution is -0.0526. The predicted molar refractivity (Wildman–Crippen MR) is 86.8 cm³/mol. The van der Waals surface area contributed by atoms with Crippen LogP contribution in [0.4, 0.5) is 19.3 Å². The Balaban J connectivity index is 2.56. The Morgan fingerprint density at radius 1 is 1.24 bits per heavy atom. The number of anilines is 1. The molecular weight excluding hydrogens is 360 g/mol. The standard InChI is InChI=1S/C16H14ClF2NO5/c1-24-12-4-2-3-9(14(12)25-15(18)19)13(21)10-7-8(17)5-6-11(10)20-16(22)23/h2-7,13,15,20-21H,1H3,(H,22,23). The third kappa shape index (κ3) is 4.49. The zero-order valence-corrected chi connectivity index (χ0v) is 13.6. The summed E-state index contributed by atoms with van der Waals surface area (Å²) in [7, 11) is 1.26. The summed E-state index contributed by atoms with van der Waals surface area (Å²) in [5.74, 6) is -0.361. The summed E-state index contributed by atoms with van der Waals surface area (Å²) in [6, 6.07) is 8.32. The number of hydrogen-bond donors (Lipinski definition) is 3. The number of benzene rings is 2. The fourth-order valence-corrected chi connectivity index (χ4v) is 2.46. The van der Waals surface area contributed by atoms with Gasteiger partial charge >= 0.3 is 12.7 Å². The second kappa shape index (κ2) is 8.00. The summed E-state index contributed by atoms with van der Waals surface area (Å²) in [4.78, 5) is 10.9. The number of nitrogens with one attached hydrogen (secondary N) is 1. The number of ether oxygens (including phenoxy) is 2. The summed E-state index contributed by atoms with van der Waals surface area (Å²) < 4.78 is 34.9. The van der Waals surface area contributed by atoms with E-state index in [9.17, 15) is 18.7 Å². The van der Waals surface area contributed by atoms with Gasteiger partial charge in [-0.3, -0.25) is 5.32 Å². The van der Waals surface area contributed by atoms with Crippen molar-refractivity contribution < 1.29 is 33.3 Å². The number of aliphatic hydroxyl groups excluding tert-OH is 1. The molecule has 0 bridgehead atoms. The average molecular weight is 374 g/mol. The van der Waals surface area contributed by atoms with Crippen molar-refractivity contribution >= 4 is 23.4 Å². The predicted octanol–water partition coefficient (Wildman–Crippen LogP) is 4.12. The molecular formula is C16H14ClF2NO5. The van der Waals surface area contributed by atoms with Gasteiger partial charge in [-0.2, -0.15) is 8.78 Å². The molecule has 0 spiro atoms. The summed E-state index contributed by atoms with van der Waals surface area (Å²) in [5.41, 5.74) is 0.0906. The molecule has 0 radical (unpaired) electrons. The van der Waals surface area contributed by atoms with Crippen LogP contribution < -0.4 is 14.8 Å². The molecule has 3 N–H and O–H groups in total. The number of rotatable bonds is 6. The SMILES string of the molecule is COc1cccc(C(O)c2cc(Cl)ccc2NC(=O)O)c1OC(F)F. The van der Waals surface area contributed by atoms with Gasteiger partial charge in [-0.15, -0.1) is 0 Å². The van der Waals surface area contributed by atoms with E-state index < -0.39 is 18.8 Å². The number of hydrogen-bond acceptors (Lipinski definition) is 4. The van der Waals surface area contributed by atoms with Gasteiger partial charge < -0.3 is 19.7 Å². The Hall–Kier alpha value is -2.58. The molecule has 6 nitrogen and oxygen atoms in total. The Labute approximate surface area is 146 Å². The molecule has 1 unspecified atom stereocenters. The Morgan fingerprint density at radius 2 is 1.96 bits per heavy atom. The lowest BCUT2D eigenvalue weighted by Crippen LogP contribution is -2.13. The van der Waals surface area contributed by atoms with E-state index in [1.807, 2.05) is 0 Å². The van der Waals surface area contributed by atoms with E-state index in [1.165, 1.54) is 43.5 Å². The van der Waals surface area contributed by atoms with Gasteiger partial charge in [0.2, 0.25) is 0 Å². The molecule has 0 aliphatic carbocycles. The van der Waals surface area contributed by atoms with Crippen LogP contribution >= 0.6 is 11.6 Å². The molecule has 0 saturated heterocycles. The van der Waals surface area contributed by atoms with Gasteiger partial charge in [0.25, 0.3) is 0 Å². The quantitative estimate of drug-likeness (QED) is 0.708. The van der Waals surface area contributed by atoms with Crippen LogP contribution in [-0.4, -0.2) is 30.0 Å². The van der Waals surface area contributed by atoms with Crippen molar-refractivity contribution in [3.05, 3.63) is 52.5 Å². The van der Waals surface area contributed by atoms with Crippen molar-refractivity contribution in [3.63, 3.8) is 0 Å². The molecule has 0 heterocycles. The number of alkyl halides is 2. The summed E-state index contributed by atoms with van der Waals surface area (Å²) in [6.07, 6.45) is -2.85. The molecule has 0 aliphatic heterocycles. The van der Waals surface area contributed by atoms with Crippen molar-refractivity contribution in [1.29, 1.82) is 0 Å². The van der Waals surface area contributed by atoms with E-state index >= 15 is 0 Å². The van der Waals surface area contributed by atoms with Crippen LogP contribution in [-0.2, 0) is 0 Å². The smallest absolute Gasteiger partial charge is 0.409 e. The molecule has 1 amide bonds. The van der Waals surface area contributed by atoms with Gasteiger partial charge in [0.05, 0.1) is 12.8 Å². The summed E-state index contributed by atoms with van der Waals surface area (Å²) in [6.45, 7) is -3.14. The Bertz CT molecular complexity index is 772. The molecule has 134 valence electrons. The average Bonchev–Trinajstić information content (AvgIpc) is 2.55. The van der Waals surface area contributed by atoms with Crippen molar-refractivity contribution in [1.82, 2.24) is 0 Å². The van der Waals surface area contributed by atoms with E-state index in [0.29, 0.717) is 0 Å². The van der Waals surface area contributed by atoms with Gasteiger partial charge in [0.15, 0.2) is 11.5 Å². The van der Waals surface area contributed by atoms with Crippen molar-refractivity contribution in [2.24, 2.45) is 0 Å². The van der Waals surface area contributed by atoms with E-state index in [-0.39, 0.29) is 33.3 Å². The van der Waals surface area contributed by atoms with Gasteiger partial charge in [0.1, 0.15) is 6.10 Å². The number of methoxy groups -OCH3 is 1. The van der Waals surface area contributed by atoms with E-state index in [1.54, 1.807) is 0 Å². The topological polar surface area (TPSA) is 88.0 Å². The third-order valence-electron chi connectivity index (χ3n) is 3.28. The van der Waals surface area contributed by atoms with E-state index in [0.717, 1.165) is 0 Å². The molecule has 1 atom stereocenters. The maximum atomic E-state index is 12.7. The first-order valence-electron chi connectivity index (χ1n) is 6.92. The number of para-hydroxylation sites is 1. The molecule has 0 aliphatic rings. The minimum atomic E-state index is -3.14. The fourth-order valence-electron chi connectivity index (χ4n) is 2.28. The van der Waals surface area contributed by atoms with Crippen LogP contribution in [0.5, 0.6) is 11.5 Å². The fraction of sp³-hybridized carbons (Fsp3) is 0.188. The second-order valence-corrected chi connectivity index (χ2v) is 5.26. The third-order valence-corrected chi connectivity index (χ3v) is 3.52. The minimum absolute atomic E-state index is 0.00776. The lowest BCUT2D eigenvalue weighted by Gasteiger charge is -2.20. The number of carbonyl (C=O) groups is 1. The first-order chi connectivity index (χ1) is 11.8. The van der Waals surface area contributed by atoms with Crippen molar-refractivity contribution in [3.8, 4) is 11.5 Å². The molecule has 0 fully saturated rings. The molecule has 2 aromatic rings. The zero-order valence-electron chi connectivity index (χ0n) is 12.9. The molecule has 2 rings (SSSR count). The first-order valence-corrected chi connectivity index (χ1v) is 7.30. The summed E-state index contributed by atoms with van der Waals surface area (Å²) >= 11 is 5.91. The van der Waals surface area contributed by atoms with Crippen LogP contribution in [0.2, 0.25) is 5.02 Å². The molecule has 0 saturated carbocycles. The lowest BCUT2D eigenvalue weighted by atomic mass is 9.98. The highest BCUT2D eigenvalue weighted by molar-refractivity contribution is 6.30. The maximum Gasteiger partial charge on any atom is 0.409 e. The van der Waals surface area contributed by atoms with Crippen LogP contribution in [0.15, 0.2) is 36.4 Å². The Kier molecular flexibility index (Phi) is 6.00. The maximum absolute atomic E-state index is 12.7. The highest BCUT2D eigenvalue weighted by Crippen LogP contribution is 2.40. The van der Waals surface area contributed by atoms with Crippen LogP contribution in [0.25, 0.3) is 0 Å². The normalized spacial score (nSPS) is 11.9. The second-order valence-electron chi connectivity index (χ2n) is 4.82.